The first kappa shape index (κ1) is 25.4. The number of fused-ring (bicyclic) bond motifs is 4. The van der Waals surface area contributed by atoms with Crippen molar-refractivity contribution in [2.75, 3.05) is 29.4 Å². The molecule has 2 heterocycles. The first-order chi connectivity index (χ1) is 19.1. The van der Waals surface area contributed by atoms with E-state index in [1.54, 1.807) is 0 Å². The summed E-state index contributed by atoms with van der Waals surface area (Å²) in [6.07, 6.45) is 9.47. The fourth-order valence-electron chi connectivity index (χ4n) is 6.61. The molecule has 5 heteroatoms. The highest BCUT2D eigenvalue weighted by Crippen LogP contribution is 2.55. The van der Waals surface area contributed by atoms with Gasteiger partial charge in [0.1, 0.15) is 0 Å². The van der Waals surface area contributed by atoms with Crippen LogP contribution in [0.25, 0.3) is 11.1 Å². The van der Waals surface area contributed by atoms with E-state index in [1.807, 2.05) is 48.2 Å². The van der Waals surface area contributed by atoms with Crippen molar-refractivity contribution >= 4 is 23.2 Å². The second-order valence-corrected chi connectivity index (χ2v) is 10.9. The molecule has 39 heavy (non-hydrogen) atoms. The average Bonchev–Trinajstić information content (AvgIpc) is 3.50. The van der Waals surface area contributed by atoms with Crippen LogP contribution in [-0.2, 0) is 17.8 Å². The van der Waals surface area contributed by atoms with E-state index in [1.165, 1.54) is 17.7 Å². The lowest BCUT2D eigenvalue weighted by molar-refractivity contribution is -0.121. The van der Waals surface area contributed by atoms with Crippen LogP contribution in [-0.4, -0.2) is 31.4 Å². The molecule has 0 saturated carbocycles. The van der Waals surface area contributed by atoms with Gasteiger partial charge in [0.15, 0.2) is 0 Å². The van der Waals surface area contributed by atoms with Crippen molar-refractivity contribution in [3.05, 3.63) is 94.6 Å². The number of carbonyl (C=O) groups excluding carboxylic acids is 2. The van der Waals surface area contributed by atoms with Gasteiger partial charge in [0.05, 0.1) is 18.2 Å². The van der Waals surface area contributed by atoms with Crippen LogP contribution in [0.15, 0.2) is 66.7 Å². The Bertz CT molecular complexity index is 1450. The quantitative estimate of drug-likeness (QED) is 0.358. The summed E-state index contributed by atoms with van der Waals surface area (Å²) in [7, 11) is 0. The molecule has 0 spiro atoms. The minimum atomic E-state index is -0.399. The Balaban J connectivity index is 1.63. The Hall–Kier alpha value is -3.86. The normalized spacial score (nSPS) is 17.9. The monoisotopic (exact) mass is 519 g/mol. The minimum absolute atomic E-state index is 0.0341. The van der Waals surface area contributed by atoms with Crippen LogP contribution < -0.4 is 15.1 Å². The maximum absolute atomic E-state index is 13.9. The molecule has 5 nitrogen and oxygen atoms in total. The number of nitrogens with one attached hydrogen (secondary N) is 1. The van der Waals surface area contributed by atoms with E-state index in [0.717, 1.165) is 77.8 Å². The highest BCUT2D eigenvalue weighted by atomic mass is 16.2. The number of hydrogen-bond acceptors (Lipinski definition) is 3. The first-order valence-electron chi connectivity index (χ1n) is 14.5. The van der Waals surface area contributed by atoms with Gasteiger partial charge in [-0.2, -0.15) is 0 Å². The number of carbonyl (C=O) groups is 2. The van der Waals surface area contributed by atoms with Crippen LogP contribution in [0.1, 0.15) is 78.1 Å². The molecule has 6 rings (SSSR count). The molecule has 3 aliphatic rings. The maximum atomic E-state index is 13.9. The highest BCUT2D eigenvalue weighted by molar-refractivity contribution is 6.14. The van der Waals surface area contributed by atoms with Gasteiger partial charge in [-0.15, -0.1) is 0 Å². The molecule has 3 aromatic carbocycles. The van der Waals surface area contributed by atoms with Crippen molar-refractivity contribution in [3.8, 4) is 11.1 Å². The summed E-state index contributed by atoms with van der Waals surface area (Å²) >= 11 is 0. The molecular formula is C34H37N3O2. The lowest BCUT2D eigenvalue weighted by Gasteiger charge is -2.35. The number of allylic oxidation sites excluding steroid dienone is 2. The van der Waals surface area contributed by atoms with Crippen LogP contribution in [0.3, 0.4) is 0 Å². The molecule has 3 aromatic rings. The molecule has 1 atom stereocenters. The maximum Gasteiger partial charge on any atom is 0.258 e. The van der Waals surface area contributed by atoms with Crippen LogP contribution in [0.2, 0.25) is 0 Å². The number of nitrogens with zero attached hydrogens (tertiary/aromatic N) is 2. The largest absolute Gasteiger partial charge is 0.371 e. The van der Waals surface area contributed by atoms with Crippen molar-refractivity contribution in [3.63, 3.8) is 0 Å². The molecule has 1 N–H and O–H groups in total. The molecule has 1 fully saturated rings. The highest BCUT2D eigenvalue weighted by Gasteiger charge is 2.42. The van der Waals surface area contributed by atoms with Crippen LogP contribution in [0, 0.1) is 0 Å². The number of amides is 2. The van der Waals surface area contributed by atoms with Crippen LogP contribution >= 0.6 is 0 Å². The lowest BCUT2D eigenvalue weighted by Crippen LogP contribution is -2.34. The standard InChI is InChI=1S/C34H37N3O2/c1-3-5-13-23-21-28(37-22-24-14-7-8-15-25(24)34(37)39)29-26-16-9-10-17-27(26)30(33(38)35-18-4-2)31(29)32(23)36-19-11-6-12-20-36/h3,5,7-10,14-17,21,30H,4,6,11-13,18-20,22H2,1-2H3,(H,35,38). The van der Waals surface area contributed by atoms with Crippen LogP contribution in [0.5, 0.6) is 0 Å². The topological polar surface area (TPSA) is 52.7 Å². The zero-order chi connectivity index (χ0) is 26.9. The average molecular weight is 520 g/mol. The smallest absolute Gasteiger partial charge is 0.258 e. The van der Waals surface area contributed by atoms with Crippen molar-refractivity contribution in [2.45, 2.75) is 58.4 Å². The SMILES string of the molecule is CC=CCc1cc(N2Cc3ccccc3C2=O)c2c(c1N1CCCCC1)C(C(=O)NCCC)c1ccccc1-2. The molecule has 0 aromatic heterocycles. The Morgan fingerprint density at radius 3 is 2.51 bits per heavy atom. The molecule has 1 saturated heterocycles. The number of anilines is 2. The van der Waals surface area contributed by atoms with Crippen LogP contribution in [0.4, 0.5) is 11.4 Å². The first-order valence-corrected chi connectivity index (χ1v) is 14.5. The third-order valence-electron chi connectivity index (χ3n) is 8.39. The number of benzene rings is 3. The number of hydrogen-bond donors (Lipinski definition) is 1. The fourth-order valence-corrected chi connectivity index (χ4v) is 6.61. The molecule has 2 aliphatic heterocycles. The summed E-state index contributed by atoms with van der Waals surface area (Å²) < 4.78 is 0. The van der Waals surface area contributed by atoms with Gasteiger partial charge in [0, 0.05) is 42.0 Å². The van der Waals surface area contributed by atoms with Gasteiger partial charge in [-0.3, -0.25) is 9.59 Å². The molecular weight excluding hydrogens is 482 g/mol. The predicted molar refractivity (Wildman–Crippen MR) is 159 cm³/mol. The molecule has 0 bridgehead atoms. The van der Waals surface area contributed by atoms with Gasteiger partial charge in [0.2, 0.25) is 5.91 Å². The van der Waals surface area contributed by atoms with E-state index in [-0.39, 0.29) is 11.8 Å². The summed E-state index contributed by atoms with van der Waals surface area (Å²) in [5.41, 5.74) is 9.36. The zero-order valence-corrected chi connectivity index (χ0v) is 23.0. The zero-order valence-electron chi connectivity index (χ0n) is 23.0. The van der Waals surface area contributed by atoms with E-state index in [2.05, 4.69) is 47.5 Å². The summed E-state index contributed by atoms with van der Waals surface area (Å²) in [4.78, 5) is 32.2. The van der Waals surface area contributed by atoms with Gasteiger partial charge in [-0.25, -0.2) is 0 Å². The Morgan fingerprint density at radius 1 is 1.03 bits per heavy atom. The van der Waals surface area contributed by atoms with E-state index in [9.17, 15) is 9.59 Å². The summed E-state index contributed by atoms with van der Waals surface area (Å²) in [6.45, 7) is 7.30. The number of rotatable bonds is 7. The summed E-state index contributed by atoms with van der Waals surface area (Å²) in [5, 5.41) is 3.21. The Labute approximate surface area is 231 Å². The Morgan fingerprint density at radius 2 is 1.77 bits per heavy atom. The van der Waals surface area contributed by atoms with Crippen molar-refractivity contribution < 1.29 is 9.59 Å². The van der Waals surface area contributed by atoms with Gasteiger partial charge in [-0.1, -0.05) is 61.5 Å². The van der Waals surface area contributed by atoms with Crippen molar-refractivity contribution in [1.82, 2.24) is 5.32 Å². The number of piperidine rings is 1. The molecule has 200 valence electrons. The molecule has 0 radical (unpaired) electrons. The second kappa shape index (κ2) is 10.7. The summed E-state index contributed by atoms with van der Waals surface area (Å²) in [6, 6.07) is 18.5. The predicted octanol–water partition coefficient (Wildman–Crippen LogP) is 6.59. The van der Waals surface area contributed by atoms with E-state index in [0.29, 0.717) is 13.1 Å². The van der Waals surface area contributed by atoms with Crippen molar-refractivity contribution in [2.24, 2.45) is 0 Å². The lowest BCUT2D eigenvalue weighted by atomic mass is 9.89. The third-order valence-corrected chi connectivity index (χ3v) is 8.39. The van der Waals surface area contributed by atoms with E-state index in [4.69, 9.17) is 0 Å². The van der Waals surface area contributed by atoms with Crippen molar-refractivity contribution in [1.29, 1.82) is 0 Å². The summed E-state index contributed by atoms with van der Waals surface area (Å²) in [5.74, 6) is -0.317. The third kappa shape index (κ3) is 4.34. The molecule has 2 amide bonds. The van der Waals surface area contributed by atoms with Gasteiger partial charge < -0.3 is 15.1 Å². The molecule has 1 unspecified atom stereocenters. The van der Waals surface area contributed by atoms with E-state index >= 15 is 0 Å². The second-order valence-electron chi connectivity index (χ2n) is 10.9. The van der Waals surface area contributed by atoms with Gasteiger partial charge in [0.25, 0.3) is 5.91 Å². The fraction of sp³-hybridized carbons (Fsp3) is 0.353. The Kier molecular flexibility index (Phi) is 6.99. The molecule has 1 aliphatic carbocycles. The minimum Gasteiger partial charge on any atom is -0.371 e. The van der Waals surface area contributed by atoms with E-state index < -0.39 is 5.92 Å². The van der Waals surface area contributed by atoms with Gasteiger partial charge in [-0.05, 0) is 73.4 Å². The van der Waals surface area contributed by atoms with Gasteiger partial charge >= 0.3 is 0 Å².